The predicted molar refractivity (Wildman–Crippen MR) is 85.6 cm³/mol. The molecule has 0 radical (unpaired) electrons. The highest BCUT2D eigenvalue weighted by molar-refractivity contribution is 7.13. The molecule has 22 heavy (non-hydrogen) atoms. The third kappa shape index (κ3) is 6.71. The van der Waals surface area contributed by atoms with E-state index in [-0.39, 0.29) is 18.8 Å². The van der Waals surface area contributed by atoms with E-state index in [1.807, 2.05) is 13.8 Å². The molecule has 0 amide bonds. The smallest absolute Gasteiger partial charge is 0.347 e. The van der Waals surface area contributed by atoms with E-state index >= 15 is 0 Å². The molecule has 1 N–H and O–H groups in total. The predicted octanol–water partition coefficient (Wildman–Crippen LogP) is 3.13. The number of ether oxygens (including phenoxy) is 2. The molecule has 1 aromatic rings. The van der Waals surface area contributed by atoms with E-state index < -0.39 is 11.9 Å². The number of hydrogen-bond donors (Lipinski definition) is 1. The number of thiazole rings is 1. The Morgan fingerprint density at radius 1 is 1.18 bits per heavy atom. The molecule has 0 fully saturated rings. The second kappa shape index (κ2) is 10.8. The molecule has 0 spiro atoms. The van der Waals surface area contributed by atoms with Crippen molar-refractivity contribution < 1.29 is 19.1 Å². The number of unbranched alkanes of at least 4 members (excludes halogenated alkanes) is 2. The largest absolute Gasteiger partial charge is 0.462 e. The molecule has 122 valence electrons. The maximum atomic E-state index is 12.0. The molecule has 0 aliphatic carbocycles. The van der Waals surface area contributed by atoms with Crippen LogP contribution in [0, 0.1) is 0 Å². The summed E-state index contributed by atoms with van der Waals surface area (Å²) in [7, 11) is 0. The standard InChI is InChI=1S/C15H22N2O4S/c1-3-5-8-20-13(18)12(14(19)21-9-6-4-2)11-17-15-16-7-10-22-15/h7,10-11H,3-6,8-9H2,1-2H3,(H,16,17). The average Bonchev–Trinajstić information content (AvgIpc) is 3.01. The number of anilines is 1. The van der Waals surface area contributed by atoms with Crippen LogP contribution in [0.3, 0.4) is 0 Å². The van der Waals surface area contributed by atoms with Crippen molar-refractivity contribution in [2.45, 2.75) is 39.5 Å². The minimum atomic E-state index is -0.681. The molecule has 1 aromatic heterocycles. The fourth-order valence-corrected chi connectivity index (χ4v) is 1.90. The van der Waals surface area contributed by atoms with Crippen LogP contribution in [-0.2, 0) is 19.1 Å². The second-order valence-electron chi connectivity index (χ2n) is 4.52. The van der Waals surface area contributed by atoms with Crippen LogP contribution in [0.5, 0.6) is 0 Å². The van der Waals surface area contributed by atoms with Gasteiger partial charge >= 0.3 is 11.9 Å². The first-order valence-corrected chi connectivity index (χ1v) is 8.27. The van der Waals surface area contributed by atoms with Gasteiger partial charge in [0.05, 0.1) is 13.2 Å². The van der Waals surface area contributed by atoms with Gasteiger partial charge in [0.15, 0.2) is 10.7 Å². The number of carbonyl (C=O) groups excluding carboxylic acids is 2. The summed E-state index contributed by atoms with van der Waals surface area (Å²) in [6.07, 6.45) is 6.24. The Labute approximate surface area is 134 Å². The van der Waals surface area contributed by atoms with Crippen LogP contribution in [-0.4, -0.2) is 30.1 Å². The third-order valence-corrected chi connectivity index (χ3v) is 3.38. The minimum absolute atomic E-state index is 0.151. The molecule has 1 rings (SSSR count). The topological polar surface area (TPSA) is 77.5 Å². The van der Waals surface area contributed by atoms with Gasteiger partial charge in [0.2, 0.25) is 0 Å². The number of hydrogen-bond acceptors (Lipinski definition) is 7. The minimum Gasteiger partial charge on any atom is -0.462 e. The van der Waals surface area contributed by atoms with Gasteiger partial charge in [-0.25, -0.2) is 14.6 Å². The molecule has 0 saturated carbocycles. The molecule has 0 aliphatic heterocycles. The monoisotopic (exact) mass is 326 g/mol. The Morgan fingerprint density at radius 2 is 1.77 bits per heavy atom. The summed E-state index contributed by atoms with van der Waals surface area (Å²) in [4.78, 5) is 28.0. The number of nitrogens with one attached hydrogen (secondary N) is 1. The Balaban J connectivity index is 2.68. The normalized spacial score (nSPS) is 9.91. The van der Waals surface area contributed by atoms with E-state index in [0.717, 1.165) is 25.7 Å². The quantitative estimate of drug-likeness (QED) is 0.234. The van der Waals surface area contributed by atoms with Crippen molar-refractivity contribution in [2.24, 2.45) is 0 Å². The van der Waals surface area contributed by atoms with Crippen molar-refractivity contribution in [3.63, 3.8) is 0 Å². The van der Waals surface area contributed by atoms with Crippen molar-refractivity contribution in [1.82, 2.24) is 4.98 Å². The van der Waals surface area contributed by atoms with Gasteiger partial charge in [-0.05, 0) is 12.8 Å². The van der Waals surface area contributed by atoms with Crippen LogP contribution in [0.25, 0.3) is 0 Å². The number of rotatable bonds is 10. The second-order valence-corrected chi connectivity index (χ2v) is 5.41. The molecule has 7 heteroatoms. The molecule has 0 aromatic carbocycles. The third-order valence-electron chi connectivity index (χ3n) is 2.67. The maximum Gasteiger partial charge on any atom is 0.347 e. The molecule has 0 aliphatic rings. The fraction of sp³-hybridized carbons (Fsp3) is 0.533. The van der Waals surface area contributed by atoms with Gasteiger partial charge in [0.25, 0.3) is 0 Å². The van der Waals surface area contributed by atoms with Crippen LogP contribution >= 0.6 is 11.3 Å². The van der Waals surface area contributed by atoms with E-state index in [0.29, 0.717) is 5.13 Å². The highest BCUT2D eigenvalue weighted by Gasteiger charge is 2.21. The molecular weight excluding hydrogens is 304 g/mol. The molecular formula is C15H22N2O4S. The zero-order valence-electron chi connectivity index (χ0n) is 13.0. The van der Waals surface area contributed by atoms with E-state index in [1.54, 1.807) is 11.6 Å². The molecule has 1 heterocycles. The van der Waals surface area contributed by atoms with Crippen molar-refractivity contribution in [3.05, 3.63) is 23.3 Å². The first-order valence-electron chi connectivity index (χ1n) is 7.39. The van der Waals surface area contributed by atoms with Gasteiger partial charge in [-0.2, -0.15) is 0 Å². The van der Waals surface area contributed by atoms with Gasteiger partial charge in [0.1, 0.15) is 0 Å². The van der Waals surface area contributed by atoms with E-state index in [9.17, 15) is 9.59 Å². The van der Waals surface area contributed by atoms with Gasteiger partial charge in [-0.1, -0.05) is 26.7 Å². The molecule has 0 unspecified atom stereocenters. The van der Waals surface area contributed by atoms with Crippen LogP contribution < -0.4 is 5.32 Å². The van der Waals surface area contributed by atoms with Crippen molar-refractivity contribution in [3.8, 4) is 0 Å². The Kier molecular flexibility index (Phi) is 8.90. The number of aromatic nitrogens is 1. The summed E-state index contributed by atoms with van der Waals surface area (Å²) in [5, 5.41) is 5.18. The summed E-state index contributed by atoms with van der Waals surface area (Å²) in [6.45, 7) is 4.56. The lowest BCUT2D eigenvalue weighted by molar-refractivity contribution is -0.147. The molecule has 0 atom stereocenters. The fourth-order valence-electron chi connectivity index (χ4n) is 1.40. The number of carbonyl (C=O) groups is 2. The first kappa shape index (κ1) is 18.2. The Morgan fingerprint density at radius 3 is 2.23 bits per heavy atom. The van der Waals surface area contributed by atoms with Crippen molar-refractivity contribution >= 4 is 28.4 Å². The van der Waals surface area contributed by atoms with Crippen molar-refractivity contribution in [2.75, 3.05) is 18.5 Å². The first-order chi connectivity index (χ1) is 10.7. The molecule has 6 nitrogen and oxygen atoms in total. The summed E-state index contributed by atoms with van der Waals surface area (Å²) in [6, 6.07) is 0. The SMILES string of the molecule is CCCCOC(=O)C(=CNc1nccs1)C(=O)OCCCC. The molecule has 0 bridgehead atoms. The summed E-state index contributed by atoms with van der Waals surface area (Å²) >= 11 is 1.36. The van der Waals surface area contributed by atoms with E-state index in [4.69, 9.17) is 9.47 Å². The zero-order valence-corrected chi connectivity index (χ0v) is 13.8. The lowest BCUT2D eigenvalue weighted by atomic mass is 10.3. The number of nitrogens with zero attached hydrogens (tertiary/aromatic N) is 1. The lowest BCUT2D eigenvalue weighted by Crippen LogP contribution is -2.20. The van der Waals surface area contributed by atoms with Crippen LogP contribution in [0.15, 0.2) is 23.3 Å². The zero-order chi connectivity index (χ0) is 16.2. The summed E-state index contributed by atoms with van der Waals surface area (Å²) in [5.41, 5.74) is -0.151. The maximum absolute atomic E-state index is 12.0. The Hall–Kier alpha value is -1.89. The van der Waals surface area contributed by atoms with Gasteiger partial charge in [-0.15, -0.1) is 11.3 Å². The lowest BCUT2D eigenvalue weighted by Gasteiger charge is -2.08. The highest BCUT2D eigenvalue weighted by atomic mass is 32.1. The average molecular weight is 326 g/mol. The molecule has 0 saturated heterocycles. The van der Waals surface area contributed by atoms with Gasteiger partial charge < -0.3 is 14.8 Å². The van der Waals surface area contributed by atoms with Crippen LogP contribution in [0.4, 0.5) is 5.13 Å². The van der Waals surface area contributed by atoms with E-state index in [1.165, 1.54) is 17.5 Å². The van der Waals surface area contributed by atoms with Crippen molar-refractivity contribution in [1.29, 1.82) is 0 Å². The van der Waals surface area contributed by atoms with E-state index in [2.05, 4.69) is 10.3 Å². The number of esters is 2. The Bertz CT molecular complexity index is 462. The van der Waals surface area contributed by atoms with Crippen LogP contribution in [0.1, 0.15) is 39.5 Å². The summed E-state index contributed by atoms with van der Waals surface area (Å²) in [5.74, 6) is -1.36. The summed E-state index contributed by atoms with van der Waals surface area (Å²) < 4.78 is 10.2. The van der Waals surface area contributed by atoms with Gasteiger partial charge in [0, 0.05) is 17.8 Å². The highest BCUT2D eigenvalue weighted by Crippen LogP contribution is 2.12. The van der Waals surface area contributed by atoms with Gasteiger partial charge in [-0.3, -0.25) is 0 Å². The van der Waals surface area contributed by atoms with Crippen LogP contribution in [0.2, 0.25) is 0 Å².